The van der Waals surface area contributed by atoms with E-state index < -0.39 is 17.5 Å². The molecule has 148 valence electrons. The zero-order chi connectivity index (χ0) is 20.1. The van der Waals surface area contributed by atoms with Crippen molar-refractivity contribution in [2.75, 3.05) is 5.32 Å². The number of pyridine rings is 1. The van der Waals surface area contributed by atoms with E-state index in [0.29, 0.717) is 5.56 Å². The fraction of sp³-hybridized carbons (Fsp3) is 0.238. The number of rotatable bonds is 3. The van der Waals surface area contributed by atoms with E-state index in [1.807, 2.05) is 4.57 Å². The molecule has 5 rings (SSSR count). The van der Waals surface area contributed by atoms with Gasteiger partial charge < -0.3 is 15.2 Å². The molecule has 2 N–H and O–H groups in total. The first kappa shape index (κ1) is 17.8. The van der Waals surface area contributed by atoms with Gasteiger partial charge in [0.05, 0.1) is 23.6 Å². The van der Waals surface area contributed by atoms with Gasteiger partial charge in [0.15, 0.2) is 11.6 Å². The van der Waals surface area contributed by atoms with E-state index in [4.69, 9.17) is 0 Å². The Kier molecular flexibility index (Phi) is 4.08. The van der Waals surface area contributed by atoms with Gasteiger partial charge in [-0.2, -0.15) is 0 Å². The van der Waals surface area contributed by atoms with Crippen LogP contribution in [0.2, 0.25) is 0 Å². The maximum absolute atomic E-state index is 14.5. The van der Waals surface area contributed by atoms with Crippen molar-refractivity contribution >= 4 is 17.3 Å². The standard InChI is InChI=1S/C21H17F3N4O/c22-13-3-1-5-16(18(13)24)26-19-12(11-7-8-25-9-14(11)23)10-28-17-6-2-4-15(17)27-21(29)20(19)28/h1,3,5,7-10,15,17,26H,2,4,6H2,(H,27,29)/t15-,17+/m0/s1. The maximum Gasteiger partial charge on any atom is 0.270 e. The average molecular weight is 398 g/mol. The number of nitrogens with one attached hydrogen (secondary N) is 2. The third-order valence-corrected chi connectivity index (χ3v) is 5.67. The topological polar surface area (TPSA) is 59.0 Å². The number of carbonyl (C=O) groups is 1. The summed E-state index contributed by atoms with van der Waals surface area (Å²) in [6.07, 6.45) is 6.95. The van der Waals surface area contributed by atoms with E-state index in [1.165, 1.54) is 24.4 Å². The molecule has 1 aliphatic carbocycles. The molecule has 1 fully saturated rings. The molecule has 1 aliphatic heterocycles. The van der Waals surface area contributed by atoms with Gasteiger partial charge in [-0.15, -0.1) is 0 Å². The Morgan fingerprint density at radius 1 is 1.10 bits per heavy atom. The van der Waals surface area contributed by atoms with Crippen LogP contribution in [0.5, 0.6) is 0 Å². The number of hydrogen-bond donors (Lipinski definition) is 2. The van der Waals surface area contributed by atoms with Gasteiger partial charge in [-0.25, -0.2) is 13.2 Å². The van der Waals surface area contributed by atoms with E-state index in [9.17, 15) is 18.0 Å². The molecule has 2 aliphatic rings. The second-order valence-electron chi connectivity index (χ2n) is 7.33. The molecule has 0 spiro atoms. The number of hydrogen-bond acceptors (Lipinski definition) is 3. The predicted octanol–water partition coefficient (Wildman–Crippen LogP) is 4.55. The van der Waals surface area contributed by atoms with Crippen LogP contribution in [0.4, 0.5) is 24.5 Å². The van der Waals surface area contributed by atoms with Crippen LogP contribution in [-0.4, -0.2) is 21.5 Å². The minimum atomic E-state index is -1.07. The molecule has 5 nitrogen and oxygen atoms in total. The second kappa shape index (κ2) is 6.65. The third-order valence-electron chi connectivity index (χ3n) is 5.67. The molecule has 2 aromatic heterocycles. The van der Waals surface area contributed by atoms with E-state index in [1.54, 1.807) is 6.20 Å². The number of aromatic nitrogens is 2. The van der Waals surface area contributed by atoms with Gasteiger partial charge in [0.1, 0.15) is 11.5 Å². The fourth-order valence-corrected chi connectivity index (χ4v) is 4.36. The number of amides is 1. The zero-order valence-electron chi connectivity index (χ0n) is 15.3. The number of benzene rings is 1. The summed E-state index contributed by atoms with van der Waals surface area (Å²) < 4.78 is 44.4. The molecule has 1 amide bonds. The lowest BCUT2D eigenvalue weighted by Gasteiger charge is -2.30. The summed E-state index contributed by atoms with van der Waals surface area (Å²) in [5.74, 6) is -2.97. The van der Waals surface area contributed by atoms with Crippen molar-refractivity contribution in [3.8, 4) is 11.1 Å². The minimum absolute atomic E-state index is 0.0105. The summed E-state index contributed by atoms with van der Waals surface area (Å²) in [4.78, 5) is 16.6. The van der Waals surface area contributed by atoms with Crippen LogP contribution in [0.25, 0.3) is 11.1 Å². The van der Waals surface area contributed by atoms with Gasteiger partial charge in [-0.1, -0.05) is 6.07 Å². The second-order valence-corrected chi connectivity index (χ2v) is 7.33. The van der Waals surface area contributed by atoms with E-state index >= 15 is 0 Å². The van der Waals surface area contributed by atoms with Gasteiger partial charge in [0, 0.05) is 29.6 Å². The van der Waals surface area contributed by atoms with Crippen LogP contribution >= 0.6 is 0 Å². The lowest BCUT2D eigenvalue weighted by Crippen LogP contribution is -2.44. The van der Waals surface area contributed by atoms with Crippen LogP contribution in [0.3, 0.4) is 0 Å². The summed E-state index contributed by atoms with van der Waals surface area (Å²) in [7, 11) is 0. The zero-order valence-corrected chi connectivity index (χ0v) is 15.3. The van der Waals surface area contributed by atoms with Gasteiger partial charge in [-0.3, -0.25) is 9.78 Å². The highest BCUT2D eigenvalue weighted by molar-refractivity contribution is 6.04. The Balaban J connectivity index is 1.73. The molecule has 1 aromatic carbocycles. The number of carbonyl (C=O) groups excluding carboxylic acids is 1. The summed E-state index contributed by atoms with van der Waals surface area (Å²) >= 11 is 0. The van der Waals surface area contributed by atoms with Crippen LogP contribution in [-0.2, 0) is 0 Å². The minimum Gasteiger partial charge on any atom is -0.351 e. The maximum atomic E-state index is 14.5. The lowest BCUT2D eigenvalue weighted by atomic mass is 10.1. The normalized spacial score (nSPS) is 20.2. The van der Waals surface area contributed by atoms with Crippen LogP contribution in [0.15, 0.2) is 42.9 Å². The summed E-state index contributed by atoms with van der Waals surface area (Å²) in [5, 5.41) is 5.83. The largest absolute Gasteiger partial charge is 0.351 e. The molecular formula is C21H17F3N4O. The van der Waals surface area contributed by atoms with Crippen molar-refractivity contribution < 1.29 is 18.0 Å². The molecule has 8 heteroatoms. The smallest absolute Gasteiger partial charge is 0.270 e. The van der Waals surface area contributed by atoms with Gasteiger partial charge in [-0.05, 0) is 37.5 Å². The third kappa shape index (κ3) is 2.78. The Labute approximate surface area is 164 Å². The summed E-state index contributed by atoms with van der Waals surface area (Å²) in [6.45, 7) is 0. The Hall–Kier alpha value is -3.29. The van der Waals surface area contributed by atoms with Crippen molar-refractivity contribution in [1.29, 1.82) is 0 Å². The first-order chi connectivity index (χ1) is 14.0. The van der Waals surface area contributed by atoms with E-state index in [-0.39, 0.29) is 40.6 Å². The molecule has 0 saturated heterocycles. The average Bonchev–Trinajstić information content (AvgIpc) is 3.31. The van der Waals surface area contributed by atoms with Crippen molar-refractivity contribution in [1.82, 2.24) is 14.9 Å². The van der Waals surface area contributed by atoms with Crippen molar-refractivity contribution in [2.45, 2.75) is 31.3 Å². The first-order valence-corrected chi connectivity index (χ1v) is 9.41. The molecular weight excluding hydrogens is 381 g/mol. The highest BCUT2D eigenvalue weighted by atomic mass is 19.2. The number of halogens is 3. The SMILES string of the molecule is O=C1N[C@H]2CCC[C@H]2n2cc(-c3ccncc3F)c(Nc3cccc(F)c3F)c21. The molecule has 3 heterocycles. The molecule has 0 radical (unpaired) electrons. The fourth-order valence-electron chi connectivity index (χ4n) is 4.36. The monoisotopic (exact) mass is 398 g/mol. The molecule has 0 bridgehead atoms. The van der Waals surface area contributed by atoms with E-state index in [2.05, 4.69) is 15.6 Å². The highest BCUT2D eigenvalue weighted by Gasteiger charge is 2.39. The first-order valence-electron chi connectivity index (χ1n) is 9.41. The van der Waals surface area contributed by atoms with Crippen LogP contribution in [0.1, 0.15) is 35.8 Å². The lowest BCUT2D eigenvalue weighted by molar-refractivity contribution is 0.0890. The molecule has 0 unspecified atom stereocenters. The number of anilines is 2. The molecule has 1 saturated carbocycles. The van der Waals surface area contributed by atoms with Crippen molar-refractivity contribution in [3.63, 3.8) is 0 Å². The van der Waals surface area contributed by atoms with Crippen LogP contribution < -0.4 is 10.6 Å². The van der Waals surface area contributed by atoms with Crippen molar-refractivity contribution in [3.05, 3.63) is 66.0 Å². The quantitative estimate of drug-likeness (QED) is 0.681. The highest BCUT2D eigenvalue weighted by Crippen LogP contribution is 2.43. The summed E-state index contributed by atoms with van der Waals surface area (Å²) in [5.41, 5.74) is 1.01. The molecule has 2 atom stereocenters. The Morgan fingerprint density at radius 2 is 1.97 bits per heavy atom. The predicted molar refractivity (Wildman–Crippen MR) is 101 cm³/mol. The Bertz CT molecular complexity index is 1130. The Morgan fingerprint density at radius 3 is 2.79 bits per heavy atom. The van der Waals surface area contributed by atoms with Gasteiger partial charge in [0.25, 0.3) is 5.91 Å². The van der Waals surface area contributed by atoms with Gasteiger partial charge in [0.2, 0.25) is 0 Å². The summed E-state index contributed by atoms with van der Waals surface area (Å²) in [6, 6.07) is 5.29. The molecule has 29 heavy (non-hydrogen) atoms. The number of fused-ring (bicyclic) bond motifs is 3. The number of nitrogens with zero attached hydrogens (tertiary/aromatic N) is 2. The van der Waals surface area contributed by atoms with E-state index in [0.717, 1.165) is 31.5 Å². The van der Waals surface area contributed by atoms with Gasteiger partial charge >= 0.3 is 0 Å². The van der Waals surface area contributed by atoms with Crippen molar-refractivity contribution in [2.24, 2.45) is 0 Å². The van der Waals surface area contributed by atoms with Crippen LogP contribution in [0, 0.1) is 17.5 Å². The molecule has 3 aromatic rings.